The molecule has 134 valence electrons. The Morgan fingerprint density at radius 3 is 3.04 bits per heavy atom. The minimum absolute atomic E-state index is 0.0977. The summed E-state index contributed by atoms with van der Waals surface area (Å²) in [5.41, 5.74) is 3.64. The van der Waals surface area contributed by atoms with Gasteiger partial charge in [-0.15, -0.1) is 0 Å². The van der Waals surface area contributed by atoms with Crippen molar-refractivity contribution in [3.05, 3.63) is 53.3 Å². The SMILES string of the molecule is Cc1cc(C(=O)NC[C@@H]2CCCO2)cc2c(-c3cccc(F)c3)n[nH]c12. The van der Waals surface area contributed by atoms with Crippen LogP contribution in [0.25, 0.3) is 22.2 Å². The van der Waals surface area contributed by atoms with Gasteiger partial charge in [-0.1, -0.05) is 12.1 Å². The van der Waals surface area contributed by atoms with Crippen LogP contribution >= 0.6 is 0 Å². The number of hydrogen-bond donors (Lipinski definition) is 2. The maximum Gasteiger partial charge on any atom is 0.251 e. The monoisotopic (exact) mass is 353 g/mol. The van der Waals surface area contributed by atoms with Crippen molar-refractivity contribution in [2.75, 3.05) is 13.2 Å². The molecule has 1 aromatic heterocycles. The standard InChI is InChI=1S/C20H20FN3O2/c1-12-8-14(20(25)22-11-16-6-3-7-26-16)10-17-18(12)23-24-19(17)13-4-2-5-15(21)9-13/h2,4-5,8-10,16H,3,6-7,11H2,1H3,(H,22,25)(H,23,24)/t16-/m0/s1. The van der Waals surface area contributed by atoms with Crippen LogP contribution < -0.4 is 5.32 Å². The Hall–Kier alpha value is -2.73. The molecule has 26 heavy (non-hydrogen) atoms. The van der Waals surface area contributed by atoms with E-state index in [0.717, 1.165) is 35.9 Å². The van der Waals surface area contributed by atoms with Crippen molar-refractivity contribution in [3.8, 4) is 11.3 Å². The number of rotatable bonds is 4. The Labute approximate surface area is 150 Å². The van der Waals surface area contributed by atoms with E-state index in [1.165, 1.54) is 12.1 Å². The zero-order valence-corrected chi connectivity index (χ0v) is 14.5. The highest BCUT2D eigenvalue weighted by Gasteiger charge is 2.18. The molecule has 4 rings (SSSR count). The Balaban J connectivity index is 1.66. The number of nitrogens with zero attached hydrogens (tertiary/aromatic N) is 1. The van der Waals surface area contributed by atoms with Crippen LogP contribution in [0.5, 0.6) is 0 Å². The van der Waals surface area contributed by atoms with E-state index in [0.29, 0.717) is 23.4 Å². The van der Waals surface area contributed by atoms with E-state index in [9.17, 15) is 9.18 Å². The van der Waals surface area contributed by atoms with E-state index in [-0.39, 0.29) is 17.8 Å². The minimum atomic E-state index is -0.319. The fourth-order valence-corrected chi connectivity index (χ4v) is 3.40. The molecule has 1 saturated heterocycles. The predicted molar refractivity (Wildman–Crippen MR) is 97.5 cm³/mol. The van der Waals surface area contributed by atoms with Crippen LogP contribution in [0.4, 0.5) is 4.39 Å². The number of aryl methyl sites for hydroxylation is 1. The molecule has 1 aliphatic heterocycles. The molecule has 0 saturated carbocycles. The average Bonchev–Trinajstić information content (AvgIpc) is 3.29. The van der Waals surface area contributed by atoms with Gasteiger partial charge >= 0.3 is 0 Å². The van der Waals surface area contributed by atoms with E-state index < -0.39 is 0 Å². The Morgan fingerprint density at radius 1 is 1.38 bits per heavy atom. The first kappa shape index (κ1) is 16.7. The van der Waals surface area contributed by atoms with Gasteiger partial charge in [0.15, 0.2) is 0 Å². The number of carbonyl (C=O) groups excluding carboxylic acids is 1. The van der Waals surface area contributed by atoms with Crippen molar-refractivity contribution < 1.29 is 13.9 Å². The van der Waals surface area contributed by atoms with E-state index in [4.69, 9.17) is 4.74 Å². The maximum atomic E-state index is 13.6. The molecule has 6 heteroatoms. The highest BCUT2D eigenvalue weighted by molar-refractivity contribution is 6.02. The number of ether oxygens (including phenoxy) is 1. The van der Waals surface area contributed by atoms with Gasteiger partial charge in [0, 0.05) is 29.7 Å². The summed E-state index contributed by atoms with van der Waals surface area (Å²) < 4.78 is 19.1. The van der Waals surface area contributed by atoms with Crippen LogP contribution in [0.1, 0.15) is 28.8 Å². The first-order valence-electron chi connectivity index (χ1n) is 8.76. The first-order valence-corrected chi connectivity index (χ1v) is 8.76. The molecule has 0 unspecified atom stereocenters. The molecule has 1 amide bonds. The van der Waals surface area contributed by atoms with Gasteiger partial charge in [-0.3, -0.25) is 9.89 Å². The molecule has 2 N–H and O–H groups in total. The summed E-state index contributed by atoms with van der Waals surface area (Å²) in [5, 5.41) is 11.1. The molecule has 2 aromatic carbocycles. The second kappa shape index (κ2) is 6.88. The highest BCUT2D eigenvalue weighted by Crippen LogP contribution is 2.29. The lowest BCUT2D eigenvalue weighted by molar-refractivity contribution is 0.0858. The zero-order valence-electron chi connectivity index (χ0n) is 14.5. The van der Waals surface area contributed by atoms with Gasteiger partial charge in [-0.2, -0.15) is 5.10 Å². The van der Waals surface area contributed by atoms with Crippen LogP contribution in [-0.2, 0) is 4.74 Å². The topological polar surface area (TPSA) is 67.0 Å². The lowest BCUT2D eigenvalue weighted by atomic mass is 10.0. The zero-order chi connectivity index (χ0) is 18.1. The number of benzene rings is 2. The van der Waals surface area contributed by atoms with Gasteiger partial charge in [0.1, 0.15) is 11.5 Å². The van der Waals surface area contributed by atoms with Crippen LogP contribution in [-0.4, -0.2) is 35.4 Å². The Bertz CT molecular complexity index is 961. The number of hydrogen-bond acceptors (Lipinski definition) is 3. The van der Waals surface area contributed by atoms with Gasteiger partial charge < -0.3 is 10.1 Å². The van der Waals surface area contributed by atoms with Gasteiger partial charge in [-0.25, -0.2) is 4.39 Å². The third-order valence-electron chi connectivity index (χ3n) is 4.74. The number of fused-ring (bicyclic) bond motifs is 1. The second-order valence-corrected chi connectivity index (χ2v) is 6.64. The summed E-state index contributed by atoms with van der Waals surface area (Å²) in [4.78, 5) is 12.6. The van der Waals surface area contributed by atoms with Crippen LogP contribution in [0.2, 0.25) is 0 Å². The number of aromatic nitrogens is 2. The van der Waals surface area contributed by atoms with Crippen molar-refractivity contribution in [2.45, 2.75) is 25.9 Å². The number of H-pyrrole nitrogens is 1. The van der Waals surface area contributed by atoms with Gasteiger partial charge in [-0.05, 0) is 49.6 Å². The molecular formula is C20H20FN3O2. The van der Waals surface area contributed by atoms with Crippen LogP contribution in [0.3, 0.4) is 0 Å². The molecule has 1 aliphatic rings. The van der Waals surface area contributed by atoms with E-state index in [2.05, 4.69) is 15.5 Å². The molecule has 0 aliphatic carbocycles. The molecule has 0 bridgehead atoms. The summed E-state index contributed by atoms with van der Waals surface area (Å²) in [6.45, 7) is 3.20. The molecular weight excluding hydrogens is 333 g/mol. The quantitative estimate of drug-likeness (QED) is 0.753. The van der Waals surface area contributed by atoms with Crippen LogP contribution in [0.15, 0.2) is 36.4 Å². The summed E-state index contributed by atoms with van der Waals surface area (Å²) >= 11 is 0. The number of carbonyl (C=O) groups is 1. The van der Waals surface area contributed by atoms with E-state index in [1.54, 1.807) is 18.2 Å². The van der Waals surface area contributed by atoms with Crippen molar-refractivity contribution >= 4 is 16.8 Å². The minimum Gasteiger partial charge on any atom is -0.376 e. The smallest absolute Gasteiger partial charge is 0.251 e. The van der Waals surface area contributed by atoms with Crippen molar-refractivity contribution in [1.82, 2.24) is 15.5 Å². The molecule has 1 atom stereocenters. The summed E-state index contributed by atoms with van der Waals surface area (Å²) in [5.74, 6) is -0.460. The fraction of sp³-hybridized carbons (Fsp3) is 0.300. The Kier molecular flexibility index (Phi) is 4.42. The largest absolute Gasteiger partial charge is 0.376 e. The molecule has 0 spiro atoms. The molecule has 2 heterocycles. The van der Waals surface area contributed by atoms with Crippen molar-refractivity contribution in [1.29, 1.82) is 0 Å². The lowest BCUT2D eigenvalue weighted by Gasteiger charge is -2.11. The normalized spacial score (nSPS) is 16.9. The van der Waals surface area contributed by atoms with Crippen molar-refractivity contribution in [3.63, 3.8) is 0 Å². The fourth-order valence-electron chi connectivity index (χ4n) is 3.40. The highest BCUT2D eigenvalue weighted by atomic mass is 19.1. The number of amides is 1. The van der Waals surface area contributed by atoms with E-state index in [1.807, 2.05) is 13.0 Å². The van der Waals surface area contributed by atoms with Gasteiger partial charge in [0.05, 0.1) is 11.6 Å². The third-order valence-corrected chi connectivity index (χ3v) is 4.74. The summed E-state index contributed by atoms with van der Waals surface area (Å²) in [7, 11) is 0. The summed E-state index contributed by atoms with van der Waals surface area (Å²) in [6.07, 6.45) is 2.11. The third kappa shape index (κ3) is 3.20. The number of halogens is 1. The molecule has 0 radical (unpaired) electrons. The number of nitrogens with one attached hydrogen (secondary N) is 2. The summed E-state index contributed by atoms with van der Waals surface area (Å²) in [6, 6.07) is 9.93. The molecule has 3 aromatic rings. The van der Waals surface area contributed by atoms with Crippen molar-refractivity contribution in [2.24, 2.45) is 0 Å². The van der Waals surface area contributed by atoms with Crippen LogP contribution in [0, 0.1) is 12.7 Å². The average molecular weight is 353 g/mol. The number of aromatic amines is 1. The second-order valence-electron chi connectivity index (χ2n) is 6.64. The predicted octanol–water partition coefficient (Wildman–Crippen LogP) is 3.59. The first-order chi connectivity index (χ1) is 12.6. The lowest BCUT2D eigenvalue weighted by Crippen LogP contribution is -2.31. The molecule has 1 fully saturated rings. The maximum absolute atomic E-state index is 13.6. The molecule has 5 nitrogen and oxygen atoms in total. The Morgan fingerprint density at radius 2 is 2.27 bits per heavy atom. The van der Waals surface area contributed by atoms with E-state index >= 15 is 0 Å². The van der Waals surface area contributed by atoms with Gasteiger partial charge in [0.25, 0.3) is 5.91 Å². The van der Waals surface area contributed by atoms with Gasteiger partial charge in [0.2, 0.25) is 0 Å².